The van der Waals surface area contributed by atoms with Crippen LogP contribution in [0.3, 0.4) is 0 Å². The summed E-state index contributed by atoms with van der Waals surface area (Å²) in [5, 5.41) is 10.0. The van der Waals surface area contributed by atoms with Gasteiger partial charge in [-0.3, -0.25) is 9.67 Å². The van der Waals surface area contributed by atoms with Crippen molar-refractivity contribution in [1.29, 1.82) is 0 Å². The molecule has 0 bridgehead atoms. The molecule has 0 unspecified atom stereocenters. The van der Waals surface area contributed by atoms with E-state index in [0.29, 0.717) is 0 Å². The molecule has 0 atom stereocenters. The Bertz CT molecular complexity index is 667. The lowest BCUT2D eigenvalue weighted by Gasteiger charge is -2.07. The quantitative estimate of drug-likeness (QED) is 0.762. The van der Waals surface area contributed by atoms with Crippen molar-refractivity contribution in [3.63, 3.8) is 0 Å². The van der Waals surface area contributed by atoms with Crippen molar-refractivity contribution in [1.82, 2.24) is 14.8 Å². The summed E-state index contributed by atoms with van der Waals surface area (Å²) in [5.74, 6) is 0.892. The molecular formula is C14H14N4. The Morgan fingerprint density at radius 2 is 2.17 bits per heavy atom. The Labute approximate surface area is 105 Å². The number of benzene rings is 1. The van der Waals surface area contributed by atoms with Crippen LogP contribution >= 0.6 is 0 Å². The molecule has 0 fully saturated rings. The van der Waals surface area contributed by atoms with Crippen molar-refractivity contribution in [3.05, 3.63) is 54.5 Å². The fourth-order valence-corrected chi connectivity index (χ4v) is 2.04. The van der Waals surface area contributed by atoms with Gasteiger partial charge in [0.05, 0.1) is 0 Å². The van der Waals surface area contributed by atoms with E-state index in [0.717, 1.165) is 17.7 Å². The molecule has 1 N–H and O–H groups in total. The van der Waals surface area contributed by atoms with Gasteiger partial charge in [0, 0.05) is 43.6 Å². The summed E-state index contributed by atoms with van der Waals surface area (Å²) in [6.45, 7) is 0.762. The standard InChI is InChI=1S/C14H14N4/c1-18-8-6-14(17-18)16-10-12-4-2-3-11-9-15-7-5-13(11)12/h2-9H,10H2,1H3,(H,16,17). The molecule has 0 aliphatic carbocycles. The van der Waals surface area contributed by atoms with Crippen LogP contribution in [0.15, 0.2) is 48.9 Å². The molecule has 0 aliphatic heterocycles. The van der Waals surface area contributed by atoms with Crippen molar-refractivity contribution >= 4 is 16.6 Å². The molecular weight excluding hydrogens is 224 g/mol. The van der Waals surface area contributed by atoms with E-state index in [9.17, 15) is 0 Å². The topological polar surface area (TPSA) is 42.7 Å². The summed E-state index contributed by atoms with van der Waals surface area (Å²) in [5.41, 5.74) is 1.25. The number of aryl methyl sites for hydroxylation is 1. The largest absolute Gasteiger partial charge is 0.365 e. The highest BCUT2D eigenvalue weighted by Gasteiger charge is 2.01. The minimum absolute atomic E-state index is 0.762. The maximum Gasteiger partial charge on any atom is 0.148 e. The first-order valence-electron chi connectivity index (χ1n) is 5.88. The molecule has 3 rings (SSSR count). The number of anilines is 1. The van der Waals surface area contributed by atoms with Crippen LogP contribution in [0.2, 0.25) is 0 Å². The van der Waals surface area contributed by atoms with Gasteiger partial charge in [-0.15, -0.1) is 0 Å². The molecule has 2 aromatic heterocycles. The van der Waals surface area contributed by atoms with Crippen LogP contribution < -0.4 is 5.32 Å². The Morgan fingerprint density at radius 3 is 3.00 bits per heavy atom. The lowest BCUT2D eigenvalue weighted by atomic mass is 10.1. The first-order chi connectivity index (χ1) is 8.83. The van der Waals surface area contributed by atoms with Crippen LogP contribution in [-0.4, -0.2) is 14.8 Å². The number of rotatable bonds is 3. The number of aromatic nitrogens is 3. The Morgan fingerprint density at radius 1 is 1.22 bits per heavy atom. The van der Waals surface area contributed by atoms with Crippen molar-refractivity contribution in [2.45, 2.75) is 6.54 Å². The van der Waals surface area contributed by atoms with Crippen LogP contribution in [0.4, 0.5) is 5.82 Å². The third-order valence-corrected chi connectivity index (χ3v) is 2.94. The number of hydrogen-bond donors (Lipinski definition) is 1. The predicted octanol–water partition coefficient (Wildman–Crippen LogP) is 2.58. The molecule has 0 radical (unpaired) electrons. The van der Waals surface area contributed by atoms with Crippen LogP contribution in [0, 0.1) is 0 Å². The van der Waals surface area contributed by atoms with Gasteiger partial charge in [0.2, 0.25) is 0 Å². The molecule has 18 heavy (non-hydrogen) atoms. The molecule has 90 valence electrons. The molecule has 0 amide bonds. The SMILES string of the molecule is Cn1ccc(NCc2cccc3cnccc23)n1. The van der Waals surface area contributed by atoms with Gasteiger partial charge in [0.15, 0.2) is 0 Å². The Hall–Kier alpha value is -2.36. The van der Waals surface area contributed by atoms with E-state index in [1.165, 1.54) is 10.9 Å². The second-order valence-electron chi connectivity index (χ2n) is 4.24. The minimum atomic E-state index is 0.762. The van der Waals surface area contributed by atoms with Crippen molar-refractivity contribution < 1.29 is 0 Å². The average Bonchev–Trinajstić information content (AvgIpc) is 2.82. The monoisotopic (exact) mass is 238 g/mol. The zero-order chi connectivity index (χ0) is 12.4. The molecule has 0 aliphatic rings. The van der Waals surface area contributed by atoms with Gasteiger partial charge in [-0.1, -0.05) is 18.2 Å². The maximum absolute atomic E-state index is 4.30. The van der Waals surface area contributed by atoms with Crippen molar-refractivity contribution in [2.24, 2.45) is 7.05 Å². The molecule has 4 heteroatoms. The molecule has 1 aromatic carbocycles. The summed E-state index contributed by atoms with van der Waals surface area (Å²) >= 11 is 0. The van der Waals surface area contributed by atoms with Gasteiger partial charge in [0.1, 0.15) is 5.82 Å². The second kappa shape index (κ2) is 4.49. The predicted molar refractivity (Wildman–Crippen MR) is 72.3 cm³/mol. The number of fused-ring (bicyclic) bond motifs is 1. The fourth-order valence-electron chi connectivity index (χ4n) is 2.04. The summed E-state index contributed by atoms with van der Waals surface area (Å²) in [7, 11) is 1.91. The number of hydrogen-bond acceptors (Lipinski definition) is 3. The number of nitrogens with one attached hydrogen (secondary N) is 1. The summed E-state index contributed by atoms with van der Waals surface area (Å²) in [6, 6.07) is 10.3. The van der Waals surface area contributed by atoms with Crippen LogP contribution in [0.1, 0.15) is 5.56 Å². The molecule has 0 saturated carbocycles. The molecule has 2 heterocycles. The van der Waals surface area contributed by atoms with Gasteiger partial charge in [0.25, 0.3) is 0 Å². The molecule has 4 nitrogen and oxygen atoms in total. The van der Waals surface area contributed by atoms with Gasteiger partial charge >= 0.3 is 0 Å². The van der Waals surface area contributed by atoms with Crippen molar-refractivity contribution in [3.8, 4) is 0 Å². The van der Waals surface area contributed by atoms with E-state index >= 15 is 0 Å². The zero-order valence-corrected chi connectivity index (χ0v) is 10.2. The molecule has 3 aromatic rings. The zero-order valence-electron chi connectivity index (χ0n) is 10.2. The first kappa shape index (κ1) is 10.8. The number of pyridine rings is 1. The minimum Gasteiger partial charge on any atom is -0.365 e. The third-order valence-electron chi connectivity index (χ3n) is 2.94. The van der Waals surface area contributed by atoms with Gasteiger partial charge in [-0.05, 0) is 17.0 Å². The Kier molecular flexibility index (Phi) is 2.68. The van der Waals surface area contributed by atoms with Gasteiger partial charge < -0.3 is 5.32 Å². The van der Waals surface area contributed by atoms with E-state index < -0.39 is 0 Å². The highest BCUT2D eigenvalue weighted by atomic mass is 15.3. The van der Waals surface area contributed by atoms with Crippen LogP contribution in [-0.2, 0) is 13.6 Å². The lowest BCUT2D eigenvalue weighted by Crippen LogP contribution is -2.01. The summed E-state index contributed by atoms with van der Waals surface area (Å²) < 4.78 is 1.79. The number of nitrogens with zero attached hydrogens (tertiary/aromatic N) is 3. The first-order valence-corrected chi connectivity index (χ1v) is 5.88. The highest BCUT2D eigenvalue weighted by Crippen LogP contribution is 2.18. The van der Waals surface area contributed by atoms with Gasteiger partial charge in [-0.2, -0.15) is 5.10 Å². The maximum atomic E-state index is 4.30. The van der Waals surface area contributed by atoms with Crippen LogP contribution in [0.25, 0.3) is 10.8 Å². The van der Waals surface area contributed by atoms with E-state index in [1.807, 2.05) is 37.8 Å². The lowest BCUT2D eigenvalue weighted by molar-refractivity contribution is 0.768. The molecule has 0 saturated heterocycles. The van der Waals surface area contributed by atoms with E-state index in [-0.39, 0.29) is 0 Å². The highest BCUT2D eigenvalue weighted by molar-refractivity contribution is 5.84. The Balaban J connectivity index is 1.86. The average molecular weight is 238 g/mol. The van der Waals surface area contributed by atoms with E-state index in [1.54, 1.807) is 4.68 Å². The normalized spacial score (nSPS) is 10.7. The van der Waals surface area contributed by atoms with Crippen LogP contribution in [0.5, 0.6) is 0 Å². The van der Waals surface area contributed by atoms with Gasteiger partial charge in [-0.25, -0.2) is 0 Å². The summed E-state index contributed by atoms with van der Waals surface area (Å²) in [4.78, 5) is 4.14. The van der Waals surface area contributed by atoms with E-state index in [4.69, 9.17) is 0 Å². The van der Waals surface area contributed by atoms with E-state index in [2.05, 4.69) is 33.6 Å². The summed E-state index contributed by atoms with van der Waals surface area (Å²) in [6.07, 6.45) is 5.64. The fraction of sp³-hybridized carbons (Fsp3) is 0.143. The van der Waals surface area contributed by atoms with Crippen molar-refractivity contribution in [2.75, 3.05) is 5.32 Å². The second-order valence-corrected chi connectivity index (χ2v) is 4.24. The molecule has 0 spiro atoms. The third kappa shape index (κ3) is 2.05. The smallest absolute Gasteiger partial charge is 0.148 e.